The molecule has 94 valence electrons. The van der Waals surface area contributed by atoms with Gasteiger partial charge >= 0.3 is 0 Å². The molecule has 1 aromatic carbocycles. The Morgan fingerprint density at radius 3 is 2.94 bits per heavy atom. The fourth-order valence-corrected chi connectivity index (χ4v) is 2.36. The second-order valence-corrected chi connectivity index (χ2v) is 4.68. The molecule has 17 heavy (non-hydrogen) atoms. The first-order valence-corrected chi connectivity index (χ1v) is 6.13. The van der Waals surface area contributed by atoms with E-state index in [-0.39, 0.29) is 6.10 Å². The molecule has 5 heteroatoms. The number of hydrogen-bond donors (Lipinski definition) is 2. The highest BCUT2D eigenvalue weighted by Crippen LogP contribution is 2.34. The SMILES string of the molecule is CNc1cc(N2CCO[C@@H](C)C2)c(Cl)cc1N. The number of rotatable bonds is 2. The van der Waals surface area contributed by atoms with Crippen LogP contribution < -0.4 is 16.0 Å². The largest absolute Gasteiger partial charge is 0.397 e. The van der Waals surface area contributed by atoms with E-state index in [9.17, 15) is 0 Å². The van der Waals surface area contributed by atoms with Crippen LogP contribution >= 0.6 is 11.6 Å². The summed E-state index contributed by atoms with van der Waals surface area (Å²) in [7, 11) is 1.85. The first-order chi connectivity index (χ1) is 8.11. The summed E-state index contributed by atoms with van der Waals surface area (Å²) in [6.07, 6.45) is 0.232. The molecule has 0 radical (unpaired) electrons. The number of benzene rings is 1. The van der Waals surface area contributed by atoms with Crippen LogP contribution in [0.15, 0.2) is 12.1 Å². The van der Waals surface area contributed by atoms with Crippen molar-refractivity contribution < 1.29 is 4.74 Å². The van der Waals surface area contributed by atoms with Crippen LogP contribution in [0.4, 0.5) is 17.1 Å². The molecule has 1 atom stereocenters. The van der Waals surface area contributed by atoms with Crippen LogP contribution in [0.2, 0.25) is 5.02 Å². The Bertz CT molecular complexity index is 411. The van der Waals surface area contributed by atoms with E-state index in [1.54, 1.807) is 6.07 Å². The number of ether oxygens (including phenoxy) is 1. The van der Waals surface area contributed by atoms with Gasteiger partial charge in [-0.15, -0.1) is 0 Å². The molecule has 0 bridgehead atoms. The molecular formula is C12H18ClN3O. The number of nitrogen functional groups attached to an aromatic ring is 1. The second kappa shape index (κ2) is 5.02. The first-order valence-electron chi connectivity index (χ1n) is 5.75. The fourth-order valence-electron chi connectivity index (χ4n) is 2.07. The van der Waals surface area contributed by atoms with Crippen molar-refractivity contribution in [2.75, 3.05) is 42.7 Å². The van der Waals surface area contributed by atoms with Gasteiger partial charge < -0.3 is 20.7 Å². The molecule has 0 saturated carbocycles. The molecule has 1 heterocycles. The lowest BCUT2D eigenvalue weighted by Crippen LogP contribution is -2.41. The molecule has 0 aromatic heterocycles. The third-order valence-electron chi connectivity index (χ3n) is 2.97. The van der Waals surface area contributed by atoms with Crippen LogP contribution in [0.1, 0.15) is 6.92 Å². The van der Waals surface area contributed by atoms with Gasteiger partial charge in [-0.25, -0.2) is 0 Å². The second-order valence-electron chi connectivity index (χ2n) is 4.27. The Hall–Kier alpha value is -1.13. The van der Waals surface area contributed by atoms with Gasteiger partial charge in [0, 0.05) is 20.1 Å². The smallest absolute Gasteiger partial charge is 0.0722 e. The lowest BCUT2D eigenvalue weighted by Gasteiger charge is -2.33. The maximum atomic E-state index is 6.25. The Kier molecular flexibility index (Phi) is 3.64. The minimum absolute atomic E-state index is 0.232. The molecule has 1 aliphatic rings. The molecule has 2 rings (SSSR count). The number of nitrogens with zero attached hydrogens (tertiary/aromatic N) is 1. The topological polar surface area (TPSA) is 50.5 Å². The molecular weight excluding hydrogens is 238 g/mol. The molecule has 4 nitrogen and oxygen atoms in total. The monoisotopic (exact) mass is 255 g/mol. The van der Waals surface area contributed by atoms with Crippen molar-refractivity contribution in [2.24, 2.45) is 0 Å². The standard InChI is InChI=1S/C12H18ClN3O/c1-8-7-16(3-4-17-8)12-6-11(15-2)10(14)5-9(12)13/h5-6,8,15H,3-4,7,14H2,1-2H3/t8-/m0/s1. The van der Waals surface area contributed by atoms with Gasteiger partial charge in [-0.1, -0.05) is 11.6 Å². The average molecular weight is 256 g/mol. The predicted molar refractivity (Wildman–Crippen MR) is 73.0 cm³/mol. The summed E-state index contributed by atoms with van der Waals surface area (Å²) >= 11 is 6.25. The Morgan fingerprint density at radius 2 is 2.29 bits per heavy atom. The number of anilines is 3. The van der Waals surface area contributed by atoms with Gasteiger partial charge in [0.25, 0.3) is 0 Å². The maximum Gasteiger partial charge on any atom is 0.0722 e. The summed E-state index contributed by atoms with van der Waals surface area (Å²) in [5.74, 6) is 0. The zero-order valence-corrected chi connectivity index (χ0v) is 10.9. The highest BCUT2D eigenvalue weighted by Gasteiger charge is 2.19. The summed E-state index contributed by atoms with van der Waals surface area (Å²) in [6.45, 7) is 4.51. The van der Waals surface area contributed by atoms with Gasteiger partial charge in [0.15, 0.2) is 0 Å². The molecule has 1 aliphatic heterocycles. The van der Waals surface area contributed by atoms with Crippen LogP contribution in [-0.2, 0) is 4.74 Å². The molecule has 0 amide bonds. The van der Waals surface area contributed by atoms with Crippen molar-refractivity contribution >= 4 is 28.7 Å². The minimum atomic E-state index is 0.232. The zero-order valence-electron chi connectivity index (χ0n) is 10.2. The van der Waals surface area contributed by atoms with Gasteiger partial charge in [0.1, 0.15) is 0 Å². The lowest BCUT2D eigenvalue weighted by molar-refractivity contribution is 0.0532. The van der Waals surface area contributed by atoms with E-state index in [0.717, 1.165) is 31.1 Å². The molecule has 1 fully saturated rings. The molecule has 1 saturated heterocycles. The van der Waals surface area contributed by atoms with Crippen molar-refractivity contribution in [3.8, 4) is 0 Å². The van der Waals surface area contributed by atoms with Crippen LogP contribution in [-0.4, -0.2) is 32.8 Å². The van der Waals surface area contributed by atoms with Gasteiger partial charge in [-0.3, -0.25) is 0 Å². The van der Waals surface area contributed by atoms with Gasteiger partial charge in [0.05, 0.1) is 34.8 Å². The molecule has 3 N–H and O–H groups in total. The summed E-state index contributed by atoms with van der Waals surface area (Å²) in [6, 6.07) is 3.79. The third kappa shape index (κ3) is 2.58. The quantitative estimate of drug-likeness (QED) is 0.796. The van der Waals surface area contributed by atoms with Crippen molar-refractivity contribution in [3.05, 3.63) is 17.2 Å². The number of morpholine rings is 1. The van der Waals surface area contributed by atoms with Crippen LogP contribution in [0.3, 0.4) is 0 Å². The van der Waals surface area contributed by atoms with Crippen LogP contribution in [0.25, 0.3) is 0 Å². The average Bonchev–Trinajstić information content (AvgIpc) is 2.29. The molecule has 0 unspecified atom stereocenters. The van der Waals surface area contributed by atoms with E-state index in [4.69, 9.17) is 22.1 Å². The van der Waals surface area contributed by atoms with Crippen LogP contribution in [0, 0.1) is 0 Å². The number of nitrogens with two attached hydrogens (primary N) is 1. The van der Waals surface area contributed by atoms with E-state index < -0.39 is 0 Å². The summed E-state index contributed by atoms with van der Waals surface area (Å²) in [5.41, 5.74) is 8.46. The van der Waals surface area contributed by atoms with Gasteiger partial charge in [-0.2, -0.15) is 0 Å². The van der Waals surface area contributed by atoms with E-state index in [1.807, 2.05) is 13.1 Å². The van der Waals surface area contributed by atoms with Crippen molar-refractivity contribution in [1.29, 1.82) is 0 Å². The van der Waals surface area contributed by atoms with E-state index in [0.29, 0.717) is 10.7 Å². The Balaban J connectivity index is 2.30. The van der Waals surface area contributed by atoms with Gasteiger partial charge in [-0.05, 0) is 19.1 Å². The third-order valence-corrected chi connectivity index (χ3v) is 3.27. The first kappa shape index (κ1) is 12.3. The highest BCUT2D eigenvalue weighted by molar-refractivity contribution is 6.33. The lowest BCUT2D eigenvalue weighted by atomic mass is 10.2. The summed E-state index contributed by atoms with van der Waals surface area (Å²) in [5, 5.41) is 3.76. The number of nitrogens with one attached hydrogen (secondary N) is 1. The van der Waals surface area contributed by atoms with E-state index in [1.165, 1.54) is 0 Å². The normalized spacial score (nSPS) is 20.4. The van der Waals surface area contributed by atoms with E-state index in [2.05, 4.69) is 17.1 Å². The molecule has 1 aromatic rings. The minimum Gasteiger partial charge on any atom is -0.397 e. The summed E-state index contributed by atoms with van der Waals surface area (Å²) in [4.78, 5) is 2.23. The molecule has 0 aliphatic carbocycles. The Morgan fingerprint density at radius 1 is 1.53 bits per heavy atom. The molecule has 0 spiro atoms. The van der Waals surface area contributed by atoms with Crippen molar-refractivity contribution in [3.63, 3.8) is 0 Å². The van der Waals surface area contributed by atoms with Crippen molar-refractivity contribution in [2.45, 2.75) is 13.0 Å². The zero-order chi connectivity index (χ0) is 12.4. The van der Waals surface area contributed by atoms with E-state index >= 15 is 0 Å². The maximum absolute atomic E-state index is 6.25. The van der Waals surface area contributed by atoms with Crippen LogP contribution in [0.5, 0.6) is 0 Å². The van der Waals surface area contributed by atoms with Crippen molar-refractivity contribution in [1.82, 2.24) is 0 Å². The summed E-state index contributed by atoms with van der Waals surface area (Å²) < 4.78 is 5.52. The van der Waals surface area contributed by atoms with Gasteiger partial charge in [0.2, 0.25) is 0 Å². The Labute approximate surface area is 107 Å². The number of halogens is 1. The predicted octanol–water partition coefficient (Wildman–Crippen LogP) is 2.19. The fraction of sp³-hybridized carbons (Fsp3) is 0.500. The highest BCUT2D eigenvalue weighted by atomic mass is 35.5. The number of hydrogen-bond acceptors (Lipinski definition) is 4.